The van der Waals surface area contributed by atoms with E-state index in [1.165, 1.54) is 17.8 Å². The molecular formula is C17H20N2O3. The highest BCUT2D eigenvalue weighted by atomic mass is 16.3. The molecular weight excluding hydrogens is 280 g/mol. The van der Waals surface area contributed by atoms with E-state index < -0.39 is 5.43 Å². The average Bonchev–Trinajstić information content (AvgIpc) is 2.49. The molecule has 5 nitrogen and oxygen atoms in total. The van der Waals surface area contributed by atoms with Gasteiger partial charge in [0.1, 0.15) is 0 Å². The van der Waals surface area contributed by atoms with E-state index >= 15 is 0 Å². The first-order valence-corrected chi connectivity index (χ1v) is 7.15. The number of carbonyl (C=O) groups is 1. The predicted octanol–water partition coefficient (Wildman–Crippen LogP) is 2.14. The van der Waals surface area contributed by atoms with Crippen molar-refractivity contribution in [2.75, 3.05) is 0 Å². The second-order valence-electron chi connectivity index (χ2n) is 5.58. The van der Waals surface area contributed by atoms with Gasteiger partial charge in [-0.15, -0.1) is 0 Å². The smallest absolute Gasteiger partial charge is 0.251 e. The quantitative estimate of drug-likeness (QED) is 0.909. The van der Waals surface area contributed by atoms with E-state index in [0.717, 1.165) is 0 Å². The van der Waals surface area contributed by atoms with E-state index in [0.29, 0.717) is 17.2 Å². The highest BCUT2D eigenvalue weighted by Gasteiger charge is 2.08. The van der Waals surface area contributed by atoms with Crippen molar-refractivity contribution in [1.82, 2.24) is 9.88 Å². The van der Waals surface area contributed by atoms with Crippen LogP contribution in [0.4, 0.5) is 0 Å². The number of aryl methyl sites for hydroxylation is 1. The molecule has 0 saturated heterocycles. The van der Waals surface area contributed by atoms with Crippen molar-refractivity contribution < 1.29 is 9.90 Å². The number of pyridine rings is 1. The van der Waals surface area contributed by atoms with Gasteiger partial charge in [0.25, 0.3) is 5.91 Å². The summed E-state index contributed by atoms with van der Waals surface area (Å²) in [5.74, 6) is -0.0821. The SMILES string of the molecule is CC(C)c1ccc(C(=O)NCc2cc(=O)c(O)cn2C)cc1. The van der Waals surface area contributed by atoms with Crippen molar-refractivity contribution >= 4 is 5.91 Å². The molecule has 0 aliphatic rings. The zero-order valence-corrected chi connectivity index (χ0v) is 13.0. The van der Waals surface area contributed by atoms with Crippen LogP contribution in [-0.2, 0) is 13.6 Å². The maximum Gasteiger partial charge on any atom is 0.251 e. The van der Waals surface area contributed by atoms with Gasteiger partial charge in [0, 0.05) is 30.6 Å². The number of benzene rings is 1. The summed E-state index contributed by atoms with van der Waals surface area (Å²) >= 11 is 0. The van der Waals surface area contributed by atoms with Crippen LogP contribution in [0.25, 0.3) is 0 Å². The number of rotatable bonds is 4. The van der Waals surface area contributed by atoms with Crippen molar-refractivity contribution in [2.24, 2.45) is 7.05 Å². The number of hydrogen-bond acceptors (Lipinski definition) is 3. The number of nitrogens with zero attached hydrogens (tertiary/aromatic N) is 1. The monoisotopic (exact) mass is 300 g/mol. The molecule has 0 saturated carbocycles. The first-order chi connectivity index (χ1) is 10.4. The highest BCUT2D eigenvalue weighted by molar-refractivity contribution is 5.94. The Morgan fingerprint density at radius 3 is 2.50 bits per heavy atom. The molecule has 0 unspecified atom stereocenters. The Balaban J connectivity index is 2.07. The van der Waals surface area contributed by atoms with Crippen LogP contribution < -0.4 is 10.7 Å². The summed E-state index contributed by atoms with van der Waals surface area (Å²) in [5.41, 5.74) is 1.92. The van der Waals surface area contributed by atoms with Gasteiger partial charge in [-0.25, -0.2) is 0 Å². The van der Waals surface area contributed by atoms with Crippen LogP contribution in [0.1, 0.15) is 41.4 Å². The number of hydrogen-bond donors (Lipinski definition) is 2. The van der Waals surface area contributed by atoms with Crippen molar-refractivity contribution in [2.45, 2.75) is 26.3 Å². The zero-order chi connectivity index (χ0) is 16.3. The van der Waals surface area contributed by atoms with Crippen LogP contribution >= 0.6 is 0 Å². The van der Waals surface area contributed by atoms with Crippen LogP contribution in [0, 0.1) is 0 Å². The molecule has 0 atom stereocenters. The Hall–Kier alpha value is -2.56. The van der Waals surface area contributed by atoms with Gasteiger partial charge in [0.2, 0.25) is 5.43 Å². The second kappa shape index (κ2) is 6.47. The Kier molecular flexibility index (Phi) is 4.65. The van der Waals surface area contributed by atoms with E-state index in [1.54, 1.807) is 23.7 Å². The first-order valence-electron chi connectivity index (χ1n) is 7.15. The van der Waals surface area contributed by atoms with Gasteiger partial charge < -0.3 is 15.0 Å². The number of aromatic nitrogens is 1. The molecule has 0 radical (unpaired) electrons. The molecule has 22 heavy (non-hydrogen) atoms. The number of amides is 1. The maximum atomic E-state index is 12.1. The minimum absolute atomic E-state index is 0.198. The molecule has 116 valence electrons. The van der Waals surface area contributed by atoms with Gasteiger partial charge in [-0.3, -0.25) is 9.59 Å². The molecule has 0 fully saturated rings. The summed E-state index contributed by atoms with van der Waals surface area (Å²) in [6.07, 6.45) is 1.33. The van der Waals surface area contributed by atoms with E-state index in [-0.39, 0.29) is 18.2 Å². The fourth-order valence-electron chi connectivity index (χ4n) is 2.13. The Bertz CT molecular complexity index is 731. The van der Waals surface area contributed by atoms with Crippen LogP contribution in [-0.4, -0.2) is 15.6 Å². The summed E-state index contributed by atoms with van der Waals surface area (Å²) in [7, 11) is 1.71. The fourth-order valence-corrected chi connectivity index (χ4v) is 2.13. The molecule has 2 aromatic rings. The molecule has 1 heterocycles. The second-order valence-corrected chi connectivity index (χ2v) is 5.58. The van der Waals surface area contributed by atoms with Gasteiger partial charge in [-0.1, -0.05) is 26.0 Å². The summed E-state index contributed by atoms with van der Waals surface area (Å²) in [5, 5.41) is 12.1. The molecule has 0 bridgehead atoms. The van der Waals surface area contributed by atoms with Crippen molar-refractivity contribution in [3.05, 3.63) is 63.6 Å². The van der Waals surface area contributed by atoms with Gasteiger partial charge in [0.05, 0.1) is 6.54 Å². The van der Waals surface area contributed by atoms with E-state index in [4.69, 9.17) is 0 Å². The van der Waals surface area contributed by atoms with Crippen LogP contribution in [0.15, 0.2) is 41.3 Å². The lowest BCUT2D eigenvalue weighted by molar-refractivity contribution is 0.0950. The third-order valence-electron chi connectivity index (χ3n) is 3.59. The topological polar surface area (TPSA) is 71.3 Å². The lowest BCUT2D eigenvalue weighted by atomic mass is 10.0. The van der Waals surface area contributed by atoms with Crippen LogP contribution in [0.5, 0.6) is 5.75 Å². The number of nitrogens with one attached hydrogen (secondary N) is 1. The fraction of sp³-hybridized carbons (Fsp3) is 0.294. The molecule has 0 aliphatic carbocycles. The van der Waals surface area contributed by atoms with E-state index in [1.807, 2.05) is 12.1 Å². The lowest BCUT2D eigenvalue weighted by Gasteiger charge is -2.11. The molecule has 1 amide bonds. The van der Waals surface area contributed by atoms with Gasteiger partial charge in [-0.2, -0.15) is 0 Å². The van der Waals surface area contributed by atoms with Gasteiger partial charge in [-0.05, 0) is 23.6 Å². The van der Waals surface area contributed by atoms with Crippen LogP contribution in [0.2, 0.25) is 0 Å². The average molecular weight is 300 g/mol. The van der Waals surface area contributed by atoms with Gasteiger partial charge >= 0.3 is 0 Å². The number of carbonyl (C=O) groups excluding carboxylic acids is 1. The number of aromatic hydroxyl groups is 1. The summed E-state index contributed by atoms with van der Waals surface area (Å²) in [4.78, 5) is 23.5. The molecule has 1 aromatic heterocycles. The molecule has 5 heteroatoms. The maximum absolute atomic E-state index is 12.1. The third-order valence-corrected chi connectivity index (χ3v) is 3.59. The standard InChI is InChI=1S/C17H20N2O3/c1-11(2)12-4-6-13(7-5-12)17(22)18-9-14-8-15(20)16(21)10-19(14)3/h4-8,10-11,21H,9H2,1-3H3,(H,18,22). The minimum Gasteiger partial charge on any atom is -0.503 e. The first kappa shape index (κ1) is 15.8. The van der Waals surface area contributed by atoms with Crippen molar-refractivity contribution in [3.8, 4) is 5.75 Å². The van der Waals surface area contributed by atoms with Crippen molar-refractivity contribution in [3.63, 3.8) is 0 Å². The largest absolute Gasteiger partial charge is 0.503 e. The van der Waals surface area contributed by atoms with Crippen LogP contribution in [0.3, 0.4) is 0 Å². The molecule has 2 rings (SSSR count). The lowest BCUT2D eigenvalue weighted by Crippen LogP contribution is -2.25. The zero-order valence-electron chi connectivity index (χ0n) is 13.0. The Labute approximate surface area is 129 Å². The van der Waals surface area contributed by atoms with Crippen molar-refractivity contribution in [1.29, 1.82) is 0 Å². The van der Waals surface area contributed by atoms with Gasteiger partial charge in [0.15, 0.2) is 5.75 Å². The third kappa shape index (κ3) is 3.55. The predicted molar refractivity (Wildman–Crippen MR) is 85.0 cm³/mol. The highest BCUT2D eigenvalue weighted by Crippen LogP contribution is 2.14. The van der Waals surface area contributed by atoms with E-state index in [9.17, 15) is 14.7 Å². The summed E-state index contributed by atoms with van der Waals surface area (Å²) in [6.45, 7) is 4.41. The van der Waals surface area contributed by atoms with E-state index in [2.05, 4.69) is 19.2 Å². The normalized spacial score (nSPS) is 10.7. The summed E-state index contributed by atoms with van der Waals surface area (Å²) in [6, 6.07) is 8.78. The minimum atomic E-state index is -0.455. The Morgan fingerprint density at radius 1 is 1.27 bits per heavy atom. The Morgan fingerprint density at radius 2 is 1.91 bits per heavy atom. The molecule has 0 aliphatic heterocycles. The molecule has 0 spiro atoms. The molecule has 2 N–H and O–H groups in total. The summed E-state index contributed by atoms with van der Waals surface area (Å²) < 4.78 is 1.61. The molecule has 1 aromatic carbocycles.